The number of pyridine rings is 1. The molecule has 1 rings (SSSR count). The molecule has 0 fully saturated rings. The summed E-state index contributed by atoms with van der Waals surface area (Å²) in [7, 11) is 1.56. The number of methoxy groups -OCH3 is 1. The monoisotopic (exact) mass is 215 g/mol. The molecule has 1 heterocycles. The number of nitrogens with zero attached hydrogens (tertiary/aromatic N) is 1. The topological polar surface area (TPSA) is 42.4 Å². The Morgan fingerprint density at radius 2 is 2.29 bits per heavy atom. The predicted octanol–water partition coefficient (Wildman–Crippen LogP) is 2.06. The molecule has 0 amide bonds. The quantitative estimate of drug-likeness (QED) is 0.782. The van der Waals surface area contributed by atoms with Crippen molar-refractivity contribution in [1.82, 2.24) is 4.98 Å². The fourth-order valence-corrected chi connectivity index (χ4v) is 1.32. The van der Waals surface area contributed by atoms with Crippen LogP contribution in [0.1, 0.15) is 18.9 Å². The van der Waals surface area contributed by atoms with Gasteiger partial charge in [-0.25, -0.2) is 4.98 Å². The molecule has 1 N–H and O–H groups in total. The number of rotatable bonds is 4. The van der Waals surface area contributed by atoms with Gasteiger partial charge in [-0.1, -0.05) is 17.7 Å². The number of aliphatic hydroxyl groups excluding tert-OH is 1. The summed E-state index contributed by atoms with van der Waals surface area (Å²) >= 11 is 5.72. The number of halogens is 1. The molecule has 1 aromatic rings. The summed E-state index contributed by atoms with van der Waals surface area (Å²) in [6.07, 6.45) is 1.13. The van der Waals surface area contributed by atoms with Crippen LogP contribution >= 0.6 is 11.6 Å². The van der Waals surface area contributed by atoms with E-state index >= 15 is 0 Å². The molecule has 14 heavy (non-hydrogen) atoms. The first-order valence-electron chi connectivity index (χ1n) is 4.51. The minimum atomic E-state index is -0.310. The smallest absolute Gasteiger partial charge is 0.217 e. The van der Waals surface area contributed by atoms with Crippen molar-refractivity contribution in [3.63, 3.8) is 0 Å². The zero-order chi connectivity index (χ0) is 10.6. The molecular weight excluding hydrogens is 202 g/mol. The summed E-state index contributed by atoms with van der Waals surface area (Å²) in [5.41, 5.74) is 0.970. The molecular formula is C10H14ClNO2. The van der Waals surface area contributed by atoms with E-state index in [1.807, 2.05) is 6.07 Å². The van der Waals surface area contributed by atoms with Gasteiger partial charge in [-0.2, -0.15) is 0 Å². The molecule has 4 heteroatoms. The average Bonchev–Trinajstić information content (AvgIpc) is 2.15. The van der Waals surface area contributed by atoms with Crippen LogP contribution < -0.4 is 4.74 Å². The molecule has 0 aromatic carbocycles. The van der Waals surface area contributed by atoms with Crippen LogP contribution in [-0.2, 0) is 6.42 Å². The number of aryl methyl sites for hydroxylation is 1. The lowest BCUT2D eigenvalue weighted by Crippen LogP contribution is -2.03. The molecule has 0 saturated carbocycles. The van der Waals surface area contributed by atoms with Crippen LogP contribution in [0, 0.1) is 0 Å². The summed E-state index contributed by atoms with van der Waals surface area (Å²) in [6.45, 7) is 1.76. The molecule has 0 aliphatic heterocycles. The number of ether oxygens (including phenoxy) is 1. The first-order valence-corrected chi connectivity index (χ1v) is 4.88. The summed E-state index contributed by atoms with van der Waals surface area (Å²) in [4.78, 5) is 4.03. The molecule has 0 saturated heterocycles. The summed E-state index contributed by atoms with van der Waals surface area (Å²) in [5, 5.41) is 9.56. The predicted molar refractivity (Wildman–Crippen MR) is 55.8 cm³/mol. The van der Waals surface area contributed by atoms with E-state index in [4.69, 9.17) is 21.4 Å². The van der Waals surface area contributed by atoms with Crippen LogP contribution in [-0.4, -0.2) is 23.3 Å². The van der Waals surface area contributed by atoms with Gasteiger partial charge in [-0.3, -0.25) is 0 Å². The van der Waals surface area contributed by atoms with Gasteiger partial charge in [0.25, 0.3) is 0 Å². The molecule has 1 aromatic heterocycles. The van der Waals surface area contributed by atoms with E-state index in [0.29, 0.717) is 17.5 Å². The molecule has 1 atom stereocenters. The standard InChI is InChI=1S/C10H14ClNO2/c1-7(13)3-4-8-5-6-9(11)12-10(8)14-2/h5-7,13H,3-4H2,1-2H3/t7-/m1/s1. The molecule has 0 radical (unpaired) electrons. The highest BCUT2D eigenvalue weighted by molar-refractivity contribution is 6.29. The van der Waals surface area contributed by atoms with Crippen molar-refractivity contribution in [2.24, 2.45) is 0 Å². The minimum absolute atomic E-state index is 0.310. The van der Waals surface area contributed by atoms with Crippen LogP contribution in [0.4, 0.5) is 0 Å². The number of hydrogen-bond acceptors (Lipinski definition) is 3. The number of aromatic nitrogens is 1. The molecule has 0 spiro atoms. The van der Waals surface area contributed by atoms with Crippen LogP contribution in [0.25, 0.3) is 0 Å². The maximum atomic E-state index is 9.14. The van der Waals surface area contributed by atoms with Gasteiger partial charge in [0.15, 0.2) is 0 Å². The SMILES string of the molecule is COc1nc(Cl)ccc1CC[C@@H](C)O. The highest BCUT2D eigenvalue weighted by Crippen LogP contribution is 2.20. The second-order valence-corrected chi connectivity index (χ2v) is 3.58. The molecule has 0 bridgehead atoms. The largest absolute Gasteiger partial charge is 0.481 e. The van der Waals surface area contributed by atoms with Gasteiger partial charge in [0.2, 0.25) is 5.88 Å². The Labute approximate surface area is 88.7 Å². The van der Waals surface area contributed by atoms with Gasteiger partial charge >= 0.3 is 0 Å². The minimum Gasteiger partial charge on any atom is -0.481 e. The van der Waals surface area contributed by atoms with Crippen molar-refractivity contribution in [2.45, 2.75) is 25.9 Å². The summed E-state index contributed by atoms with van der Waals surface area (Å²) < 4.78 is 5.08. The molecule has 0 unspecified atom stereocenters. The van der Waals surface area contributed by atoms with Crippen molar-refractivity contribution in [1.29, 1.82) is 0 Å². The van der Waals surface area contributed by atoms with E-state index in [1.54, 1.807) is 20.1 Å². The van der Waals surface area contributed by atoms with Crippen LogP contribution in [0.15, 0.2) is 12.1 Å². The third-order valence-electron chi connectivity index (χ3n) is 1.93. The van der Waals surface area contributed by atoms with E-state index in [-0.39, 0.29) is 6.10 Å². The van der Waals surface area contributed by atoms with E-state index in [1.165, 1.54) is 0 Å². The van der Waals surface area contributed by atoms with Gasteiger partial charge in [0, 0.05) is 5.56 Å². The molecule has 0 aliphatic carbocycles. The fourth-order valence-electron chi connectivity index (χ4n) is 1.18. The van der Waals surface area contributed by atoms with Gasteiger partial charge in [0.1, 0.15) is 5.15 Å². The van der Waals surface area contributed by atoms with Gasteiger partial charge in [-0.15, -0.1) is 0 Å². The van der Waals surface area contributed by atoms with E-state index in [9.17, 15) is 0 Å². The molecule has 78 valence electrons. The number of aliphatic hydroxyl groups is 1. The van der Waals surface area contributed by atoms with Crippen LogP contribution in [0.5, 0.6) is 5.88 Å². The van der Waals surface area contributed by atoms with Crippen molar-refractivity contribution >= 4 is 11.6 Å². The van der Waals surface area contributed by atoms with Crippen molar-refractivity contribution in [2.75, 3.05) is 7.11 Å². The maximum absolute atomic E-state index is 9.14. The Bertz CT molecular complexity index is 302. The van der Waals surface area contributed by atoms with E-state index in [2.05, 4.69) is 4.98 Å². The Morgan fingerprint density at radius 1 is 1.57 bits per heavy atom. The first-order chi connectivity index (χ1) is 6.63. The Balaban J connectivity index is 2.75. The lowest BCUT2D eigenvalue weighted by Gasteiger charge is -2.08. The average molecular weight is 216 g/mol. The Kier molecular flexibility index (Phi) is 4.17. The second-order valence-electron chi connectivity index (χ2n) is 3.19. The van der Waals surface area contributed by atoms with Gasteiger partial charge < -0.3 is 9.84 Å². The third-order valence-corrected chi connectivity index (χ3v) is 2.14. The van der Waals surface area contributed by atoms with Crippen molar-refractivity contribution in [3.8, 4) is 5.88 Å². The lowest BCUT2D eigenvalue weighted by molar-refractivity contribution is 0.184. The Hall–Kier alpha value is -0.800. The normalized spacial score (nSPS) is 12.6. The first kappa shape index (κ1) is 11.3. The summed E-state index contributed by atoms with van der Waals surface area (Å²) in [6, 6.07) is 3.60. The van der Waals surface area contributed by atoms with Gasteiger partial charge in [0.05, 0.1) is 13.2 Å². The summed E-state index contributed by atoms with van der Waals surface area (Å²) in [5.74, 6) is 0.540. The van der Waals surface area contributed by atoms with E-state index in [0.717, 1.165) is 12.0 Å². The molecule has 0 aliphatic rings. The van der Waals surface area contributed by atoms with Crippen LogP contribution in [0.3, 0.4) is 0 Å². The third kappa shape index (κ3) is 3.16. The number of hydrogen-bond donors (Lipinski definition) is 1. The fraction of sp³-hybridized carbons (Fsp3) is 0.500. The van der Waals surface area contributed by atoms with Crippen molar-refractivity contribution in [3.05, 3.63) is 22.8 Å². The molecule has 3 nitrogen and oxygen atoms in total. The maximum Gasteiger partial charge on any atom is 0.217 e. The lowest BCUT2D eigenvalue weighted by atomic mass is 10.1. The van der Waals surface area contributed by atoms with E-state index < -0.39 is 0 Å². The zero-order valence-corrected chi connectivity index (χ0v) is 9.08. The van der Waals surface area contributed by atoms with Crippen LogP contribution in [0.2, 0.25) is 5.15 Å². The highest BCUT2D eigenvalue weighted by atomic mass is 35.5. The highest BCUT2D eigenvalue weighted by Gasteiger charge is 2.06. The Morgan fingerprint density at radius 3 is 2.86 bits per heavy atom. The zero-order valence-electron chi connectivity index (χ0n) is 8.33. The van der Waals surface area contributed by atoms with Crippen molar-refractivity contribution < 1.29 is 9.84 Å². The second kappa shape index (κ2) is 5.17. The van der Waals surface area contributed by atoms with Gasteiger partial charge in [-0.05, 0) is 25.8 Å².